The minimum Gasteiger partial charge on any atom is -0.357 e. The average Bonchev–Trinajstić information content (AvgIpc) is 3.19. The predicted octanol–water partition coefficient (Wildman–Crippen LogP) is 5.16. The summed E-state index contributed by atoms with van der Waals surface area (Å²) in [5.41, 5.74) is 2.64. The van der Waals surface area contributed by atoms with Crippen LogP contribution in [0.15, 0.2) is 29.1 Å². The first-order valence-corrected chi connectivity index (χ1v) is 16.0. The van der Waals surface area contributed by atoms with Crippen LogP contribution in [-0.2, 0) is 6.54 Å². The molecule has 3 heterocycles. The third kappa shape index (κ3) is 4.72. The molecule has 8 rings (SSSR count). The van der Waals surface area contributed by atoms with Crippen molar-refractivity contribution >= 4 is 28.4 Å². The molecule has 7 heteroatoms. The highest BCUT2D eigenvalue weighted by atomic mass is 32.1. The average molecular weight is 536 g/mol. The molecule has 2 aromatic rings. The first kappa shape index (κ1) is 25.1. The van der Waals surface area contributed by atoms with Gasteiger partial charge in [0.2, 0.25) is 0 Å². The fraction of sp³-hybridized carbons (Fsp3) is 0.742. The molecule has 4 saturated carbocycles. The van der Waals surface area contributed by atoms with E-state index in [0.717, 1.165) is 79.3 Å². The van der Waals surface area contributed by atoms with E-state index >= 15 is 0 Å². The molecule has 1 aromatic carbocycles. The van der Waals surface area contributed by atoms with Gasteiger partial charge in [0, 0.05) is 31.2 Å². The highest BCUT2D eigenvalue weighted by Gasteiger charge is 2.51. The van der Waals surface area contributed by atoms with Gasteiger partial charge in [-0.15, -0.1) is 0 Å². The van der Waals surface area contributed by atoms with Crippen molar-refractivity contribution in [2.45, 2.75) is 95.2 Å². The van der Waals surface area contributed by atoms with Gasteiger partial charge in [-0.05, 0) is 132 Å². The van der Waals surface area contributed by atoms with Crippen molar-refractivity contribution in [2.75, 3.05) is 32.7 Å². The Balaban J connectivity index is 1.01. The van der Waals surface area contributed by atoms with Gasteiger partial charge in [-0.2, -0.15) is 0 Å². The van der Waals surface area contributed by atoms with Crippen LogP contribution < -0.4 is 11.0 Å². The maximum absolute atomic E-state index is 13.8. The third-order valence-electron chi connectivity index (χ3n) is 10.7. The molecule has 1 aromatic heterocycles. The first-order chi connectivity index (χ1) is 18.6. The lowest BCUT2D eigenvalue weighted by Crippen LogP contribution is -2.62. The number of aromatic nitrogens is 2. The molecule has 0 unspecified atom stereocenters. The molecule has 1 N–H and O–H groups in total. The van der Waals surface area contributed by atoms with Gasteiger partial charge in [0.15, 0.2) is 5.11 Å². The predicted molar refractivity (Wildman–Crippen MR) is 158 cm³/mol. The third-order valence-corrected chi connectivity index (χ3v) is 11.1. The minimum absolute atomic E-state index is 0.178. The van der Waals surface area contributed by atoms with Crippen LogP contribution in [0.4, 0.5) is 0 Å². The van der Waals surface area contributed by atoms with Gasteiger partial charge in [0.05, 0.1) is 11.0 Å². The van der Waals surface area contributed by atoms with Crippen LogP contribution in [0, 0.1) is 17.8 Å². The molecule has 0 atom stereocenters. The van der Waals surface area contributed by atoms with Gasteiger partial charge in [-0.3, -0.25) is 9.13 Å². The smallest absolute Gasteiger partial charge is 0.329 e. The van der Waals surface area contributed by atoms with E-state index in [1.54, 1.807) is 0 Å². The second kappa shape index (κ2) is 10.3. The fourth-order valence-electron chi connectivity index (χ4n) is 9.33. The zero-order chi connectivity index (χ0) is 25.7. The van der Waals surface area contributed by atoms with Gasteiger partial charge in [-0.1, -0.05) is 18.6 Å². The Morgan fingerprint density at radius 2 is 1.50 bits per heavy atom. The number of imidazole rings is 1. The summed E-state index contributed by atoms with van der Waals surface area (Å²) in [5.74, 6) is 2.77. The quantitative estimate of drug-likeness (QED) is 0.518. The van der Waals surface area contributed by atoms with Crippen molar-refractivity contribution in [2.24, 2.45) is 17.8 Å². The Hall–Kier alpha value is -1.86. The zero-order valence-corrected chi connectivity index (χ0v) is 23.8. The Kier molecular flexibility index (Phi) is 6.79. The van der Waals surface area contributed by atoms with Crippen molar-refractivity contribution in [1.29, 1.82) is 0 Å². The van der Waals surface area contributed by atoms with E-state index in [0.29, 0.717) is 0 Å². The Morgan fingerprint density at radius 1 is 0.868 bits per heavy atom. The second-order valence-electron chi connectivity index (χ2n) is 13.4. The van der Waals surface area contributed by atoms with Crippen molar-refractivity contribution in [3.05, 3.63) is 34.7 Å². The summed E-state index contributed by atoms with van der Waals surface area (Å²) in [6.45, 7) is 6.20. The van der Waals surface area contributed by atoms with Crippen molar-refractivity contribution in [3.63, 3.8) is 0 Å². The first-order valence-electron chi connectivity index (χ1n) is 15.6. The van der Waals surface area contributed by atoms with E-state index in [-0.39, 0.29) is 17.3 Å². The van der Waals surface area contributed by atoms with E-state index in [9.17, 15) is 4.79 Å². The van der Waals surface area contributed by atoms with Crippen LogP contribution >= 0.6 is 12.2 Å². The van der Waals surface area contributed by atoms with Crippen LogP contribution in [0.2, 0.25) is 0 Å². The SMILES string of the molecule is O=c1n(CCCN2CCCCC2)c2ccccc2n1C1CCN(C(=S)NC23CC4CC(CC(C4)C2)C3)CC1. The monoisotopic (exact) mass is 535 g/mol. The molecule has 2 saturated heterocycles. The number of nitrogens with zero attached hydrogens (tertiary/aromatic N) is 4. The summed E-state index contributed by atoms with van der Waals surface area (Å²) in [6, 6.07) is 8.67. The van der Waals surface area contributed by atoms with Crippen molar-refractivity contribution in [1.82, 2.24) is 24.3 Å². The van der Waals surface area contributed by atoms with Gasteiger partial charge in [0.1, 0.15) is 0 Å². The van der Waals surface area contributed by atoms with Gasteiger partial charge in [-0.25, -0.2) is 4.79 Å². The Labute approximate surface area is 232 Å². The Morgan fingerprint density at radius 3 is 2.16 bits per heavy atom. The van der Waals surface area contributed by atoms with Crippen molar-refractivity contribution in [3.8, 4) is 0 Å². The maximum atomic E-state index is 13.8. The molecule has 6 fully saturated rings. The normalized spacial score (nSPS) is 31.8. The molecule has 4 bridgehead atoms. The number of benzene rings is 1. The van der Waals surface area contributed by atoms with E-state index < -0.39 is 0 Å². The summed E-state index contributed by atoms with van der Waals surface area (Å²) < 4.78 is 4.16. The molecular formula is C31H45N5OS. The highest BCUT2D eigenvalue weighted by Crippen LogP contribution is 2.55. The number of para-hydroxylation sites is 2. The van der Waals surface area contributed by atoms with E-state index in [2.05, 4.69) is 43.9 Å². The number of nitrogens with one attached hydrogen (secondary N) is 1. The van der Waals surface area contributed by atoms with E-state index in [1.807, 2.05) is 4.57 Å². The lowest BCUT2D eigenvalue weighted by molar-refractivity contribution is -0.0114. The lowest BCUT2D eigenvalue weighted by atomic mass is 9.53. The number of rotatable bonds is 6. The zero-order valence-electron chi connectivity index (χ0n) is 23.0. The maximum Gasteiger partial charge on any atom is 0.329 e. The van der Waals surface area contributed by atoms with Crippen molar-refractivity contribution < 1.29 is 0 Å². The molecule has 2 aliphatic heterocycles. The van der Waals surface area contributed by atoms with Gasteiger partial charge >= 0.3 is 5.69 Å². The number of hydrogen-bond acceptors (Lipinski definition) is 3. The number of hydrogen-bond donors (Lipinski definition) is 1. The molecule has 6 aliphatic rings. The van der Waals surface area contributed by atoms with Crippen LogP contribution in [0.3, 0.4) is 0 Å². The lowest BCUT2D eigenvalue weighted by Gasteiger charge is -2.57. The van der Waals surface area contributed by atoms with E-state index in [4.69, 9.17) is 12.2 Å². The molecule has 206 valence electrons. The highest BCUT2D eigenvalue weighted by molar-refractivity contribution is 7.80. The topological polar surface area (TPSA) is 45.4 Å². The summed E-state index contributed by atoms with van der Waals surface area (Å²) >= 11 is 6.01. The molecule has 0 spiro atoms. The summed E-state index contributed by atoms with van der Waals surface area (Å²) in [4.78, 5) is 18.7. The van der Waals surface area contributed by atoms with Crippen LogP contribution in [-0.4, -0.2) is 62.3 Å². The minimum atomic E-state index is 0.178. The Bertz CT molecular complexity index is 1180. The molecular weight excluding hydrogens is 490 g/mol. The largest absolute Gasteiger partial charge is 0.357 e. The molecule has 6 nitrogen and oxygen atoms in total. The standard InChI is InChI=1S/C31H45N5OS/c37-30-35(14-6-13-33-11-4-1-5-12-33)27-7-2-3-8-28(27)36(30)26-9-15-34(16-10-26)29(38)32-31-20-23-17-24(21-31)19-25(18-23)22-31/h2-3,7-8,23-26H,1,4-6,9-22H2,(H,32,38). The van der Waals surface area contributed by atoms with Gasteiger partial charge in [0.25, 0.3) is 0 Å². The summed E-state index contributed by atoms with van der Waals surface area (Å²) in [6.07, 6.45) is 15.3. The summed E-state index contributed by atoms with van der Waals surface area (Å²) in [7, 11) is 0. The number of likely N-dealkylation sites (tertiary alicyclic amines) is 2. The molecule has 0 radical (unpaired) electrons. The number of fused-ring (bicyclic) bond motifs is 1. The fourth-order valence-corrected chi connectivity index (χ4v) is 9.73. The van der Waals surface area contributed by atoms with Crippen LogP contribution in [0.25, 0.3) is 11.0 Å². The van der Waals surface area contributed by atoms with E-state index in [1.165, 1.54) is 70.9 Å². The number of piperidine rings is 2. The molecule has 4 aliphatic carbocycles. The number of aryl methyl sites for hydroxylation is 1. The van der Waals surface area contributed by atoms with Crippen LogP contribution in [0.5, 0.6) is 0 Å². The van der Waals surface area contributed by atoms with Crippen LogP contribution in [0.1, 0.15) is 83.1 Å². The molecule has 38 heavy (non-hydrogen) atoms. The second-order valence-corrected chi connectivity index (χ2v) is 13.8. The molecule has 0 amide bonds. The number of thiocarbonyl (C=S) groups is 1. The summed E-state index contributed by atoms with van der Waals surface area (Å²) in [5, 5.41) is 4.90. The van der Waals surface area contributed by atoms with Gasteiger partial charge < -0.3 is 15.1 Å².